The van der Waals surface area contributed by atoms with Gasteiger partial charge in [0.15, 0.2) is 11.3 Å². The Morgan fingerprint density at radius 1 is 1.07 bits per heavy atom. The number of nitrogens with one attached hydrogen (secondary N) is 1. The van der Waals surface area contributed by atoms with E-state index in [-0.39, 0.29) is 33.9 Å². The molecule has 55 heavy (non-hydrogen) atoms. The number of nitrogens with zero attached hydrogens (tertiary/aromatic N) is 4. The zero-order chi connectivity index (χ0) is 38.0. The van der Waals surface area contributed by atoms with E-state index in [0.29, 0.717) is 17.6 Å². The molecule has 3 fully saturated rings. The van der Waals surface area contributed by atoms with Gasteiger partial charge in [0.2, 0.25) is 0 Å². The predicted molar refractivity (Wildman–Crippen MR) is 210 cm³/mol. The van der Waals surface area contributed by atoms with Crippen LogP contribution in [0.4, 0.5) is 10.1 Å². The van der Waals surface area contributed by atoms with E-state index in [1.54, 1.807) is 19.2 Å². The molecule has 6 aromatic rings. The van der Waals surface area contributed by atoms with Gasteiger partial charge in [0.05, 0.1) is 18.7 Å². The number of aromatic amines is 1. The van der Waals surface area contributed by atoms with Crippen LogP contribution in [0.15, 0.2) is 83.5 Å². The third-order valence-corrected chi connectivity index (χ3v) is 12.0. The van der Waals surface area contributed by atoms with Crippen LogP contribution in [0.3, 0.4) is 0 Å². The first-order valence-corrected chi connectivity index (χ1v) is 19.1. The summed E-state index contributed by atoms with van der Waals surface area (Å²) in [6.07, 6.45) is 4.96. The standard InChI is InChI=1S/C44H46FN5O5/c1-26(2)33-7-5-6-8-34(33)38-23-48(22-28-14-29-13-27(3)54-41(29)40(15-28)53-4)11-12-50(38)31-18-44(19-31)24-49(25-44)30-9-10-35(43(51)52)39(16-30)55-32-17-36-37(45)21-47-42(36)46-20-32/h5-10,13-17,20-21,26,31,38H,11-12,18-19,22-25H2,1-4H3,(H,46,47)(H,51,52)/t38-/m0/s1. The minimum atomic E-state index is -1.09. The molecule has 1 aliphatic carbocycles. The van der Waals surface area contributed by atoms with Gasteiger partial charge >= 0.3 is 5.97 Å². The van der Waals surface area contributed by atoms with Crippen molar-refractivity contribution in [3.63, 3.8) is 0 Å². The molecule has 2 saturated heterocycles. The van der Waals surface area contributed by atoms with Gasteiger partial charge in [-0.1, -0.05) is 38.1 Å². The number of anilines is 1. The van der Waals surface area contributed by atoms with Crippen LogP contribution in [-0.4, -0.2) is 76.7 Å². The van der Waals surface area contributed by atoms with Crippen LogP contribution in [-0.2, 0) is 6.54 Å². The van der Waals surface area contributed by atoms with E-state index in [0.717, 1.165) is 80.3 Å². The predicted octanol–water partition coefficient (Wildman–Crippen LogP) is 8.91. The lowest BCUT2D eigenvalue weighted by molar-refractivity contribution is -0.0647. The van der Waals surface area contributed by atoms with Crippen molar-refractivity contribution in [1.82, 2.24) is 19.8 Å². The van der Waals surface area contributed by atoms with Gasteiger partial charge in [0.1, 0.15) is 34.3 Å². The lowest BCUT2D eigenvalue weighted by atomic mass is 9.59. The van der Waals surface area contributed by atoms with E-state index >= 15 is 0 Å². The van der Waals surface area contributed by atoms with Crippen LogP contribution in [0, 0.1) is 18.2 Å². The van der Waals surface area contributed by atoms with Gasteiger partial charge < -0.3 is 28.9 Å². The van der Waals surface area contributed by atoms with Crippen molar-refractivity contribution in [3.05, 3.63) is 113 Å². The molecule has 1 saturated carbocycles. The smallest absolute Gasteiger partial charge is 0.339 e. The van der Waals surface area contributed by atoms with Gasteiger partial charge in [-0.15, -0.1) is 0 Å². The Balaban J connectivity index is 0.905. The number of aryl methyl sites for hydroxylation is 1. The fourth-order valence-corrected chi connectivity index (χ4v) is 9.34. The van der Waals surface area contributed by atoms with Crippen LogP contribution in [0.1, 0.15) is 71.5 Å². The topological polar surface area (TPSA) is 107 Å². The number of aromatic carboxylic acids is 1. The van der Waals surface area contributed by atoms with E-state index in [1.165, 1.54) is 35.2 Å². The van der Waals surface area contributed by atoms with E-state index in [2.05, 4.69) is 81.0 Å². The van der Waals surface area contributed by atoms with Crippen LogP contribution >= 0.6 is 0 Å². The number of pyridine rings is 1. The molecule has 0 bridgehead atoms. The quantitative estimate of drug-likeness (QED) is 0.142. The Hall–Kier alpha value is -5.39. The molecule has 11 heteroatoms. The number of fused-ring (bicyclic) bond motifs is 2. The van der Waals surface area contributed by atoms with Crippen LogP contribution in [0.25, 0.3) is 22.0 Å². The third kappa shape index (κ3) is 6.49. The maximum absolute atomic E-state index is 14.2. The second kappa shape index (κ2) is 13.7. The molecule has 10 nitrogen and oxygen atoms in total. The number of carboxylic acids is 1. The second-order valence-electron chi connectivity index (χ2n) is 16.1. The number of benzene rings is 3. The van der Waals surface area contributed by atoms with Crippen molar-refractivity contribution >= 4 is 33.7 Å². The molecule has 3 aromatic heterocycles. The summed E-state index contributed by atoms with van der Waals surface area (Å²) in [7, 11) is 1.70. The molecule has 5 heterocycles. The number of furan rings is 1. The minimum Gasteiger partial charge on any atom is -0.493 e. The summed E-state index contributed by atoms with van der Waals surface area (Å²) in [5.41, 5.74) is 6.45. The number of halogens is 1. The van der Waals surface area contributed by atoms with Crippen molar-refractivity contribution in [2.24, 2.45) is 5.41 Å². The van der Waals surface area contributed by atoms with E-state index in [1.807, 2.05) is 13.0 Å². The number of carbonyl (C=O) groups is 1. The van der Waals surface area contributed by atoms with Crippen LogP contribution < -0.4 is 14.4 Å². The van der Waals surface area contributed by atoms with E-state index in [9.17, 15) is 14.3 Å². The van der Waals surface area contributed by atoms with Crippen molar-refractivity contribution in [2.75, 3.05) is 44.7 Å². The molecule has 3 aromatic carbocycles. The van der Waals surface area contributed by atoms with Gasteiger partial charge in [-0.05, 0) is 78.8 Å². The van der Waals surface area contributed by atoms with Gasteiger partial charge in [-0.2, -0.15) is 0 Å². The number of piperazine rings is 1. The number of methoxy groups -OCH3 is 1. The normalized spacial score (nSPS) is 18.9. The number of aromatic nitrogens is 2. The van der Waals surface area contributed by atoms with Gasteiger partial charge in [0, 0.05) is 80.1 Å². The zero-order valence-corrected chi connectivity index (χ0v) is 31.6. The Morgan fingerprint density at radius 3 is 2.67 bits per heavy atom. The average Bonchev–Trinajstić information content (AvgIpc) is 3.71. The first-order valence-electron chi connectivity index (χ1n) is 19.1. The van der Waals surface area contributed by atoms with Crippen molar-refractivity contribution in [1.29, 1.82) is 0 Å². The molecule has 0 amide bonds. The summed E-state index contributed by atoms with van der Waals surface area (Å²) in [4.78, 5) is 26.8. The third-order valence-electron chi connectivity index (χ3n) is 12.0. The molecule has 1 atom stereocenters. The number of carboxylic acid groups (broad SMARTS) is 1. The van der Waals surface area contributed by atoms with Gasteiger partial charge in [-0.3, -0.25) is 9.80 Å². The van der Waals surface area contributed by atoms with Crippen molar-refractivity contribution < 1.29 is 28.2 Å². The van der Waals surface area contributed by atoms with Crippen LogP contribution in [0.5, 0.6) is 17.2 Å². The summed E-state index contributed by atoms with van der Waals surface area (Å²) in [6, 6.07) is 22.9. The molecular weight excluding hydrogens is 698 g/mol. The minimum absolute atomic E-state index is 0.0421. The number of hydrogen-bond donors (Lipinski definition) is 2. The molecule has 0 radical (unpaired) electrons. The number of H-pyrrole nitrogens is 1. The molecular formula is C44H46FN5O5. The van der Waals surface area contributed by atoms with E-state index < -0.39 is 11.8 Å². The molecule has 0 unspecified atom stereocenters. The lowest BCUT2D eigenvalue weighted by Crippen LogP contribution is -2.68. The SMILES string of the molecule is COc1cc(CN2CCN(C3CC4(C3)CN(c3ccc(C(=O)O)c(Oc5cnc6[nH]cc(F)c6c5)c3)C4)[C@H](c3ccccc3C(C)C)C2)cc2cc(C)oc12. The Bertz CT molecular complexity index is 2410. The summed E-state index contributed by atoms with van der Waals surface area (Å²) in [5, 5.41) is 11.3. The maximum atomic E-state index is 14.2. The molecule has 1 spiro atoms. The maximum Gasteiger partial charge on any atom is 0.339 e. The summed E-state index contributed by atoms with van der Waals surface area (Å²) in [6.45, 7) is 12.1. The van der Waals surface area contributed by atoms with Gasteiger partial charge in [-0.25, -0.2) is 14.2 Å². The Kier molecular flexibility index (Phi) is 8.81. The largest absolute Gasteiger partial charge is 0.493 e. The Labute approximate surface area is 319 Å². The highest BCUT2D eigenvalue weighted by Crippen LogP contribution is 2.53. The summed E-state index contributed by atoms with van der Waals surface area (Å²) < 4.78 is 31.9. The first-order chi connectivity index (χ1) is 26.6. The lowest BCUT2D eigenvalue weighted by Gasteiger charge is -2.63. The molecule has 3 aliphatic rings. The molecule has 2 aliphatic heterocycles. The average molecular weight is 744 g/mol. The first kappa shape index (κ1) is 35.3. The highest BCUT2D eigenvalue weighted by atomic mass is 19.1. The number of hydrogen-bond acceptors (Lipinski definition) is 8. The molecule has 284 valence electrons. The summed E-state index contributed by atoms with van der Waals surface area (Å²) in [5.74, 6) is 1.03. The monoisotopic (exact) mass is 743 g/mol. The van der Waals surface area contributed by atoms with Crippen molar-refractivity contribution in [3.8, 4) is 17.2 Å². The molecule has 9 rings (SSSR count). The van der Waals surface area contributed by atoms with Crippen LogP contribution in [0.2, 0.25) is 0 Å². The van der Waals surface area contributed by atoms with E-state index in [4.69, 9.17) is 13.9 Å². The fraction of sp³-hybridized carbons (Fsp3) is 0.364. The zero-order valence-electron chi connectivity index (χ0n) is 31.6. The molecule has 2 N–H and O–H groups in total. The van der Waals surface area contributed by atoms with Gasteiger partial charge in [0.25, 0.3) is 0 Å². The summed E-state index contributed by atoms with van der Waals surface area (Å²) >= 11 is 0. The fourth-order valence-electron chi connectivity index (χ4n) is 9.34. The highest BCUT2D eigenvalue weighted by Gasteiger charge is 2.55. The second-order valence-corrected chi connectivity index (χ2v) is 16.1. The number of rotatable bonds is 10. The van der Waals surface area contributed by atoms with Crippen molar-refractivity contribution in [2.45, 2.75) is 58.2 Å². The highest BCUT2D eigenvalue weighted by molar-refractivity contribution is 5.92. The number of ether oxygens (including phenoxy) is 2. The Morgan fingerprint density at radius 2 is 1.89 bits per heavy atom.